The summed E-state index contributed by atoms with van der Waals surface area (Å²) in [7, 11) is 0. The van der Waals surface area contributed by atoms with Crippen LogP contribution >= 0.6 is 12.4 Å². The molecule has 4 rings (SSSR count). The van der Waals surface area contributed by atoms with E-state index in [1.54, 1.807) is 6.07 Å². The molecule has 0 bridgehead atoms. The molecule has 1 aliphatic heterocycles. The number of aliphatic hydroxyl groups excluding tert-OH is 1. The van der Waals surface area contributed by atoms with Crippen molar-refractivity contribution >= 4 is 18.2 Å². The second-order valence-electron chi connectivity index (χ2n) is 8.93. The van der Waals surface area contributed by atoms with Gasteiger partial charge >= 0.3 is 0 Å². The Balaban J connectivity index is 0.00000342. The minimum absolute atomic E-state index is 0. The van der Waals surface area contributed by atoms with Crippen LogP contribution in [-0.4, -0.2) is 66.1 Å². The van der Waals surface area contributed by atoms with Crippen LogP contribution in [0.5, 0.6) is 5.75 Å². The summed E-state index contributed by atoms with van der Waals surface area (Å²) in [6.07, 6.45) is 0.528. The molecule has 6 heteroatoms. The van der Waals surface area contributed by atoms with Crippen LogP contribution in [0.15, 0.2) is 84.9 Å². The molecule has 0 aromatic heterocycles. The van der Waals surface area contributed by atoms with Gasteiger partial charge < -0.3 is 9.84 Å². The Morgan fingerprint density at radius 3 is 2.06 bits per heavy atom. The molecule has 3 aromatic rings. The Kier molecular flexibility index (Phi) is 10.8. The number of halogens is 1. The fourth-order valence-corrected chi connectivity index (χ4v) is 4.37. The molecule has 0 amide bonds. The molecule has 0 spiro atoms. The van der Waals surface area contributed by atoms with Gasteiger partial charge in [-0.3, -0.25) is 14.6 Å². The van der Waals surface area contributed by atoms with Crippen molar-refractivity contribution in [1.82, 2.24) is 9.80 Å². The Morgan fingerprint density at radius 1 is 0.800 bits per heavy atom. The molecule has 1 fully saturated rings. The first-order valence-corrected chi connectivity index (χ1v) is 12.1. The number of nitrogens with zero attached hydrogens (tertiary/aromatic N) is 2. The number of ketones is 1. The standard InChI is InChI=1S/C29H34N2O3.ClH/c32-26(22-31-19-17-30(18-20-31)21-25-11-5-2-6-12-25)23-34-29-14-8-7-13-27(29)28(33)16-15-24-9-3-1-4-10-24;/h1-14,26,32H,15-23H2;1H. The zero-order valence-electron chi connectivity index (χ0n) is 20.1. The average molecular weight is 495 g/mol. The third kappa shape index (κ3) is 8.48. The Bertz CT molecular complexity index is 1020. The van der Waals surface area contributed by atoms with Gasteiger partial charge in [0.15, 0.2) is 5.78 Å². The minimum atomic E-state index is -0.604. The largest absolute Gasteiger partial charge is 0.490 e. The van der Waals surface area contributed by atoms with E-state index in [-0.39, 0.29) is 24.8 Å². The number of ether oxygens (including phenoxy) is 1. The molecule has 1 atom stereocenters. The number of aryl methyl sites for hydroxylation is 1. The predicted molar refractivity (Wildman–Crippen MR) is 142 cm³/mol. The summed E-state index contributed by atoms with van der Waals surface area (Å²) >= 11 is 0. The number of carbonyl (C=O) groups is 1. The zero-order chi connectivity index (χ0) is 23.6. The van der Waals surface area contributed by atoms with E-state index in [4.69, 9.17) is 4.74 Å². The van der Waals surface area contributed by atoms with Gasteiger partial charge in [-0.15, -0.1) is 12.4 Å². The van der Waals surface area contributed by atoms with E-state index in [1.807, 2.05) is 54.6 Å². The van der Waals surface area contributed by atoms with Crippen molar-refractivity contribution in [2.75, 3.05) is 39.3 Å². The van der Waals surface area contributed by atoms with Crippen LogP contribution in [0.2, 0.25) is 0 Å². The molecular formula is C29H35ClN2O3. The lowest BCUT2D eigenvalue weighted by Crippen LogP contribution is -2.48. The number of para-hydroxylation sites is 1. The van der Waals surface area contributed by atoms with Gasteiger partial charge in [0.25, 0.3) is 0 Å². The third-order valence-electron chi connectivity index (χ3n) is 6.29. The number of piperazine rings is 1. The van der Waals surface area contributed by atoms with Crippen molar-refractivity contribution in [3.8, 4) is 5.75 Å². The van der Waals surface area contributed by atoms with E-state index in [0.717, 1.165) is 38.3 Å². The molecule has 35 heavy (non-hydrogen) atoms. The summed E-state index contributed by atoms with van der Waals surface area (Å²) < 4.78 is 5.91. The minimum Gasteiger partial charge on any atom is -0.490 e. The first-order valence-electron chi connectivity index (χ1n) is 12.1. The van der Waals surface area contributed by atoms with Crippen LogP contribution in [-0.2, 0) is 13.0 Å². The lowest BCUT2D eigenvalue weighted by Gasteiger charge is -2.35. The number of Topliss-reactive ketones (excluding diaryl/α,β-unsaturated/α-hetero) is 1. The molecule has 1 aliphatic rings. The second kappa shape index (κ2) is 14.0. The van der Waals surface area contributed by atoms with Crippen molar-refractivity contribution in [3.63, 3.8) is 0 Å². The maximum Gasteiger partial charge on any atom is 0.166 e. The predicted octanol–water partition coefficient (Wildman–Crippen LogP) is 4.48. The van der Waals surface area contributed by atoms with Crippen LogP contribution in [0.1, 0.15) is 27.9 Å². The maximum absolute atomic E-state index is 12.8. The summed E-state index contributed by atoms with van der Waals surface area (Å²) in [5.41, 5.74) is 3.06. The quantitative estimate of drug-likeness (QED) is 0.398. The number of aliphatic hydroxyl groups is 1. The smallest absolute Gasteiger partial charge is 0.166 e. The normalized spacial score (nSPS) is 15.2. The van der Waals surface area contributed by atoms with Crippen molar-refractivity contribution < 1.29 is 14.6 Å². The fraction of sp³-hybridized carbons (Fsp3) is 0.345. The van der Waals surface area contributed by atoms with E-state index in [0.29, 0.717) is 30.7 Å². The van der Waals surface area contributed by atoms with Crippen molar-refractivity contribution in [1.29, 1.82) is 0 Å². The van der Waals surface area contributed by atoms with Crippen LogP contribution in [0.3, 0.4) is 0 Å². The fourth-order valence-electron chi connectivity index (χ4n) is 4.37. The van der Waals surface area contributed by atoms with Crippen molar-refractivity contribution in [3.05, 3.63) is 102 Å². The van der Waals surface area contributed by atoms with E-state index in [2.05, 4.69) is 34.1 Å². The zero-order valence-corrected chi connectivity index (χ0v) is 20.9. The van der Waals surface area contributed by atoms with E-state index in [1.165, 1.54) is 5.56 Å². The lowest BCUT2D eigenvalue weighted by atomic mass is 10.0. The molecule has 3 aromatic carbocycles. The number of rotatable bonds is 11. The lowest BCUT2D eigenvalue weighted by molar-refractivity contribution is 0.0443. The molecule has 186 valence electrons. The highest BCUT2D eigenvalue weighted by atomic mass is 35.5. The van der Waals surface area contributed by atoms with Gasteiger partial charge in [-0.1, -0.05) is 72.8 Å². The summed E-state index contributed by atoms with van der Waals surface area (Å²) in [4.78, 5) is 17.5. The monoisotopic (exact) mass is 494 g/mol. The van der Waals surface area contributed by atoms with Crippen molar-refractivity contribution in [2.24, 2.45) is 0 Å². The number of hydrogen-bond acceptors (Lipinski definition) is 5. The summed E-state index contributed by atoms with van der Waals surface area (Å²) in [6.45, 7) is 5.55. The molecule has 0 saturated carbocycles. The number of benzene rings is 3. The topological polar surface area (TPSA) is 53.0 Å². The number of hydrogen-bond donors (Lipinski definition) is 1. The average Bonchev–Trinajstić information content (AvgIpc) is 2.88. The van der Waals surface area contributed by atoms with E-state index in [9.17, 15) is 9.90 Å². The first kappa shape index (κ1) is 26.9. The summed E-state index contributed by atoms with van der Waals surface area (Å²) in [5.74, 6) is 0.607. The molecular weight excluding hydrogens is 460 g/mol. The van der Waals surface area contributed by atoms with Gasteiger partial charge in [0.05, 0.1) is 5.56 Å². The number of β-amino-alcohol motifs (C(OH)–C–C–N with tert-alkyl or cyclic N) is 1. The summed E-state index contributed by atoms with van der Waals surface area (Å²) in [6, 6.07) is 27.9. The molecule has 1 heterocycles. The Morgan fingerprint density at radius 2 is 1.37 bits per heavy atom. The molecule has 1 unspecified atom stereocenters. The van der Waals surface area contributed by atoms with Crippen LogP contribution < -0.4 is 4.74 Å². The van der Waals surface area contributed by atoms with Crippen LogP contribution in [0.25, 0.3) is 0 Å². The van der Waals surface area contributed by atoms with Crippen LogP contribution in [0.4, 0.5) is 0 Å². The molecule has 0 radical (unpaired) electrons. The Labute approximate surface area is 214 Å². The van der Waals surface area contributed by atoms with Gasteiger partial charge in [-0.05, 0) is 29.7 Å². The van der Waals surface area contributed by atoms with Gasteiger partial charge in [-0.2, -0.15) is 0 Å². The third-order valence-corrected chi connectivity index (χ3v) is 6.29. The highest BCUT2D eigenvalue weighted by Gasteiger charge is 2.20. The number of carbonyl (C=O) groups excluding carboxylic acids is 1. The van der Waals surface area contributed by atoms with Gasteiger partial charge in [0, 0.05) is 45.7 Å². The maximum atomic E-state index is 12.8. The molecule has 1 N–H and O–H groups in total. The second-order valence-corrected chi connectivity index (χ2v) is 8.93. The molecule has 5 nitrogen and oxygen atoms in total. The van der Waals surface area contributed by atoms with Crippen molar-refractivity contribution in [2.45, 2.75) is 25.5 Å². The Hall–Kier alpha value is -2.70. The van der Waals surface area contributed by atoms with Gasteiger partial charge in [0.2, 0.25) is 0 Å². The highest BCUT2D eigenvalue weighted by molar-refractivity contribution is 5.98. The van der Waals surface area contributed by atoms with Gasteiger partial charge in [0.1, 0.15) is 18.5 Å². The van der Waals surface area contributed by atoms with E-state index < -0.39 is 6.10 Å². The van der Waals surface area contributed by atoms with Crippen LogP contribution in [0, 0.1) is 0 Å². The van der Waals surface area contributed by atoms with Gasteiger partial charge in [-0.25, -0.2) is 0 Å². The van der Waals surface area contributed by atoms with E-state index >= 15 is 0 Å². The molecule has 1 saturated heterocycles. The summed E-state index contributed by atoms with van der Waals surface area (Å²) in [5, 5.41) is 10.6. The highest BCUT2D eigenvalue weighted by Crippen LogP contribution is 2.21. The SMILES string of the molecule is Cl.O=C(CCc1ccccc1)c1ccccc1OCC(O)CN1CCN(Cc2ccccc2)CC1. The first-order chi connectivity index (χ1) is 16.7. The molecule has 0 aliphatic carbocycles.